The molecule has 0 spiro atoms. The van der Waals surface area contributed by atoms with Gasteiger partial charge in [-0.05, 0) is 49.1 Å². The second kappa shape index (κ2) is 11.0. The number of hydrogen-bond donors (Lipinski definition) is 0. The summed E-state index contributed by atoms with van der Waals surface area (Å²) in [5.74, 6) is 0.368. The van der Waals surface area contributed by atoms with Crippen molar-refractivity contribution in [3.63, 3.8) is 0 Å². The van der Waals surface area contributed by atoms with Crippen molar-refractivity contribution in [2.75, 3.05) is 13.1 Å². The van der Waals surface area contributed by atoms with Gasteiger partial charge in [0.15, 0.2) is 0 Å². The van der Waals surface area contributed by atoms with Crippen molar-refractivity contribution in [3.8, 4) is 0 Å². The van der Waals surface area contributed by atoms with Crippen LogP contribution in [0.2, 0.25) is 0 Å². The molecule has 6 heteroatoms. The Labute approximate surface area is 177 Å². The zero-order valence-electron chi connectivity index (χ0n) is 17.7. The first-order chi connectivity index (χ1) is 14.6. The molecule has 2 aromatic rings. The molecule has 0 N–H and O–H groups in total. The van der Waals surface area contributed by atoms with Gasteiger partial charge in [-0.25, -0.2) is 4.39 Å². The van der Waals surface area contributed by atoms with Gasteiger partial charge in [-0.15, -0.1) is 0 Å². The van der Waals surface area contributed by atoms with Crippen molar-refractivity contribution >= 4 is 11.8 Å². The Morgan fingerprint density at radius 3 is 2.40 bits per heavy atom. The Balaban J connectivity index is 1.72. The summed E-state index contributed by atoms with van der Waals surface area (Å²) in [5.41, 5.74) is 0.831. The van der Waals surface area contributed by atoms with E-state index in [1.807, 2.05) is 13.0 Å². The second-order valence-corrected chi connectivity index (χ2v) is 8.05. The van der Waals surface area contributed by atoms with Crippen LogP contribution in [0.15, 0.2) is 47.1 Å². The number of carbonyl (C=O) groups excluding carboxylic acids is 2. The highest BCUT2D eigenvalue weighted by atomic mass is 19.1. The summed E-state index contributed by atoms with van der Waals surface area (Å²) in [6.07, 6.45) is 7.57. The zero-order valence-corrected chi connectivity index (χ0v) is 17.7. The van der Waals surface area contributed by atoms with E-state index in [4.69, 9.17) is 4.42 Å². The smallest absolute Gasteiger partial charge is 0.242 e. The highest BCUT2D eigenvalue weighted by Gasteiger charge is 2.28. The van der Waals surface area contributed by atoms with Crippen molar-refractivity contribution in [1.82, 2.24) is 9.80 Å². The van der Waals surface area contributed by atoms with E-state index in [1.165, 1.54) is 18.6 Å². The lowest BCUT2D eigenvalue weighted by Crippen LogP contribution is -2.45. The molecule has 1 aromatic heterocycles. The number of hydrogen-bond acceptors (Lipinski definition) is 3. The number of halogens is 1. The van der Waals surface area contributed by atoms with Crippen molar-refractivity contribution in [2.24, 2.45) is 5.92 Å². The number of rotatable bonds is 9. The first-order valence-electron chi connectivity index (χ1n) is 10.9. The van der Waals surface area contributed by atoms with Crippen LogP contribution < -0.4 is 0 Å². The summed E-state index contributed by atoms with van der Waals surface area (Å²) in [6, 6.07) is 9.74. The topological polar surface area (TPSA) is 53.8 Å². The van der Waals surface area contributed by atoms with E-state index in [9.17, 15) is 14.0 Å². The largest absolute Gasteiger partial charge is 0.467 e. The Hall–Kier alpha value is -2.63. The third kappa shape index (κ3) is 6.18. The number of carbonyl (C=O) groups is 2. The first kappa shape index (κ1) is 22.1. The molecule has 1 heterocycles. The van der Waals surface area contributed by atoms with Crippen molar-refractivity contribution < 1.29 is 18.4 Å². The molecule has 3 rings (SSSR count). The van der Waals surface area contributed by atoms with E-state index in [0.29, 0.717) is 25.4 Å². The van der Waals surface area contributed by atoms with Crippen LogP contribution in [-0.2, 0) is 22.7 Å². The predicted molar refractivity (Wildman–Crippen MR) is 113 cm³/mol. The zero-order chi connectivity index (χ0) is 21.3. The molecule has 1 aliphatic rings. The summed E-state index contributed by atoms with van der Waals surface area (Å²) in [6.45, 7) is 3.29. The number of benzene rings is 1. The van der Waals surface area contributed by atoms with Crippen LogP contribution >= 0.6 is 0 Å². The molecule has 0 saturated heterocycles. The maximum Gasteiger partial charge on any atom is 0.242 e. The first-order valence-corrected chi connectivity index (χ1v) is 10.9. The van der Waals surface area contributed by atoms with Crippen LogP contribution in [0.4, 0.5) is 4.39 Å². The molecule has 5 nitrogen and oxygen atoms in total. The van der Waals surface area contributed by atoms with Gasteiger partial charge in [0.25, 0.3) is 0 Å². The SMILES string of the molecule is CCCN(CC(=O)N(Cc1ccc(F)cc1)Cc1ccco1)C(=O)C1CCCCC1. The van der Waals surface area contributed by atoms with Crippen LogP contribution in [0.25, 0.3) is 0 Å². The summed E-state index contributed by atoms with van der Waals surface area (Å²) in [4.78, 5) is 29.7. The highest BCUT2D eigenvalue weighted by molar-refractivity contribution is 5.86. The van der Waals surface area contributed by atoms with Gasteiger partial charge >= 0.3 is 0 Å². The fourth-order valence-electron chi connectivity index (χ4n) is 4.04. The summed E-state index contributed by atoms with van der Waals surface area (Å²) in [7, 11) is 0. The molecular weight excluding hydrogens is 383 g/mol. The van der Waals surface area contributed by atoms with Crippen LogP contribution in [-0.4, -0.2) is 34.7 Å². The molecular formula is C24H31FN2O3. The van der Waals surface area contributed by atoms with Gasteiger partial charge in [-0.1, -0.05) is 38.3 Å². The monoisotopic (exact) mass is 414 g/mol. The third-order valence-corrected chi connectivity index (χ3v) is 5.65. The van der Waals surface area contributed by atoms with Crippen molar-refractivity contribution in [1.29, 1.82) is 0 Å². The second-order valence-electron chi connectivity index (χ2n) is 8.05. The quantitative estimate of drug-likeness (QED) is 0.594. The summed E-state index contributed by atoms with van der Waals surface area (Å²) in [5, 5.41) is 0. The Kier molecular flexibility index (Phi) is 8.05. The average molecular weight is 415 g/mol. The Morgan fingerprint density at radius 2 is 1.77 bits per heavy atom. The van der Waals surface area contributed by atoms with Gasteiger partial charge in [0.2, 0.25) is 11.8 Å². The van der Waals surface area contributed by atoms with Crippen LogP contribution in [0.1, 0.15) is 56.8 Å². The van der Waals surface area contributed by atoms with Crippen molar-refractivity contribution in [2.45, 2.75) is 58.5 Å². The molecule has 1 aliphatic carbocycles. The van der Waals surface area contributed by atoms with Crippen LogP contribution in [0.3, 0.4) is 0 Å². The minimum atomic E-state index is -0.310. The van der Waals surface area contributed by atoms with Gasteiger partial charge in [-0.2, -0.15) is 0 Å². The fourth-order valence-corrected chi connectivity index (χ4v) is 4.04. The van der Waals surface area contributed by atoms with Crippen LogP contribution in [0.5, 0.6) is 0 Å². The molecule has 1 aromatic carbocycles. The van der Waals surface area contributed by atoms with E-state index >= 15 is 0 Å². The molecule has 30 heavy (non-hydrogen) atoms. The molecule has 0 aliphatic heterocycles. The highest BCUT2D eigenvalue weighted by Crippen LogP contribution is 2.25. The molecule has 1 fully saturated rings. The number of furan rings is 1. The minimum absolute atomic E-state index is 0.0359. The maximum absolute atomic E-state index is 13.3. The average Bonchev–Trinajstić information content (AvgIpc) is 3.28. The third-order valence-electron chi connectivity index (χ3n) is 5.65. The van der Waals surface area contributed by atoms with Crippen molar-refractivity contribution in [3.05, 3.63) is 59.8 Å². The van der Waals surface area contributed by atoms with E-state index in [1.54, 1.807) is 34.3 Å². The molecule has 1 saturated carbocycles. The van der Waals surface area contributed by atoms with E-state index < -0.39 is 0 Å². The predicted octanol–water partition coefficient (Wildman–Crippen LogP) is 4.77. The van der Waals surface area contributed by atoms with Gasteiger partial charge in [0.1, 0.15) is 11.6 Å². The van der Waals surface area contributed by atoms with Gasteiger partial charge in [0.05, 0.1) is 19.4 Å². The van der Waals surface area contributed by atoms with E-state index in [0.717, 1.165) is 37.7 Å². The minimum Gasteiger partial charge on any atom is -0.467 e. The standard InChI is InChI=1S/C24H31FN2O3/c1-2-14-26(24(29)20-7-4-3-5-8-20)18-23(28)27(17-22-9-6-15-30-22)16-19-10-12-21(25)13-11-19/h6,9-13,15,20H,2-5,7-8,14,16-18H2,1H3. The van der Waals surface area contributed by atoms with Gasteiger partial charge in [0, 0.05) is 19.0 Å². The van der Waals surface area contributed by atoms with Gasteiger partial charge < -0.3 is 14.2 Å². The Morgan fingerprint density at radius 1 is 1.03 bits per heavy atom. The lowest BCUT2D eigenvalue weighted by atomic mass is 9.88. The normalized spacial score (nSPS) is 14.5. The van der Waals surface area contributed by atoms with E-state index in [-0.39, 0.29) is 30.1 Å². The molecule has 0 unspecified atom stereocenters. The van der Waals surface area contributed by atoms with Gasteiger partial charge in [-0.3, -0.25) is 9.59 Å². The fraction of sp³-hybridized carbons (Fsp3) is 0.500. The molecule has 0 bridgehead atoms. The van der Waals surface area contributed by atoms with Crippen LogP contribution in [0, 0.1) is 11.7 Å². The molecule has 0 atom stereocenters. The lowest BCUT2D eigenvalue weighted by Gasteiger charge is -2.31. The molecule has 2 amide bonds. The molecule has 162 valence electrons. The maximum atomic E-state index is 13.3. The Bertz CT molecular complexity index is 798. The molecule has 0 radical (unpaired) electrons. The lowest BCUT2D eigenvalue weighted by molar-refractivity contribution is -0.144. The van der Waals surface area contributed by atoms with E-state index in [2.05, 4.69) is 0 Å². The number of nitrogens with zero attached hydrogens (tertiary/aromatic N) is 2. The summed E-state index contributed by atoms with van der Waals surface area (Å²) >= 11 is 0. The summed E-state index contributed by atoms with van der Waals surface area (Å²) < 4.78 is 18.7. The number of amides is 2.